The summed E-state index contributed by atoms with van der Waals surface area (Å²) in [5.41, 5.74) is 5.63. The standard InChI is InChI=1S/C27H35N5O/c1-18-24-22(15-23(21-11-12-21)29-25(24)32(30-18)27(2,3)4)26(33)28-16-19-7-9-20(10-8-19)17-31-13-5-6-14-31/h7-10,15,21H,5-6,11-14,16-17H2,1-4H3,(H,28,33). The molecule has 6 heteroatoms. The molecule has 1 N–H and O–H groups in total. The van der Waals surface area contributed by atoms with E-state index >= 15 is 0 Å². The molecule has 5 rings (SSSR count). The van der Waals surface area contributed by atoms with E-state index in [1.807, 2.05) is 17.7 Å². The van der Waals surface area contributed by atoms with E-state index in [0.29, 0.717) is 18.0 Å². The van der Waals surface area contributed by atoms with Gasteiger partial charge in [0, 0.05) is 24.7 Å². The van der Waals surface area contributed by atoms with Gasteiger partial charge in [-0.05, 0) is 83.7 Å². The van der Waals surface area contributed by atoms with E-state index < -0.39 is 0 Å². The first-order valence-corrected chi connectivity index (χ1v) is 12.3. The summed E-state index contributed by atoms with van der Waals surface area (Å²) < 4.78 is 1.97. The third-order valence-corrected chi connectivity index (χ3v) is 6.79. The van der Waals surface area contributed by atoms with Crippen molar-refractivity contribution in [3.63, 3.8) is 0 Å². The monoisotopic (exact) mass is 445 g/mol. The molecule has 0 atom stereocenters. The van der Waals surface area contributed by atoms with Gasteiger partial charge in [-0.3, -0.25) is 9.69 Å². The predicted molar refractivity (Wildman–Crippen MR) is 131 cm³/mol. The van der Waals surface area contributed by atoms with Crippen LogP contribution in [-0.4, -0.2) is 38.7 Å². The molecule has 1 aromatic carbocycles. The Bertz CT molecular complexity index is 1160. The number of carbonyl (C=O) groups is 1. The molecule has 0 spiro atoms. The second kappa shape index (κ2) is 8.56. The minimum atomic E-state index is -0.202. The maximum Gasteiger partial charge on any atom is 0.252 e. The number of benzene rings is 1. The Hall–Kier alpha value is -2.73. The van der Waals surface area contributed by atoms with Crippen LogP contribution in [0, 0.1) is 6.92 Å². The molecule has 0 radical (unpaired) electrons. The number of pyridine rings is 1. The average molecular weight is 446 g/mol. The van der Waals surface area contributed by atoms with Gasteiger partial charge in [0.25, 0.3) is 5.91 Å². The van der Waals surface area contributed by atoms with Crippen LogP contribution in [-0.2, 0) is 18.6 Å². The lowest BCUT2D eigenvalue weighted by Gasteiger charge is -2.20. The highest BCUT2D eigenvalue weighted by Gasteiger charge is 2.30. The Labute approximate surface area is 196 Å². The number of likely N-dealkylation sites (tertiary alicyclic amines) is 1. The maximum absolute atomic E-state index is 13.4. The summed E-state index contributed by atoms with van der Waals surface area (Å²) in [6.07, 6.45) is 4.91. The fourth-order valence-electron chi connectivity index (χ4n) is 4.78. The SMILES string of the molecule is Cc1nn(C(C)(C)C)c2nc(C3CC3)cc(C(=O)NCc3ccc(CN4CCCC4)cc3)c12. The summed E-state index contributed by atoms with van der Waals surface area (Å²) in [6, 6.07) is 10.6. The Morgan fingerprint density at radius 3 is 2.39 bits per heavy atom. The quantitative estimate of drug-likeness (QED) is 0.586. The van der Waals surface area contributed by atoms with Crippen LogP contribution >= 0.6 is 0 Å². The lowest BCUT2D eigenvalue weighted by Crippen LogP contribution is -2.25. The largest absolute Gasteiger partial charge is 0.348 e. The van der Waals surface area contributed by atoms with Crippen molar-refractivity contribution < 1.29 is 4.79 Å². The van der Waals surface area contributed by atoms with Crippen LogP contribution in [0.1, 0.15) is 85.2 Å². The second-order valence-electron chi connectivity index (χ2n) is 10.7. The summed E-state index contributed by atoms with van der Waals surface area (Å²) in [5.74, 6) is 0.412. The number of rotatable bonds is 6. The van der Waals surface area contributed by atoms with Crippen molar-refractivity contribution in [1.82, 2.24) is 25.0 Å². The minimum Gasteiger partial charge on any atom is -0.348 e. The number of nitrogens with zero attached hydrogens (tertiary/aromatic N) is 4. The molecule has 1 saturated carbocycles. The van der Waals surface area contributed by atoms with E-state index in [1.54, 1.807) is 0 Å². The molecule has 3 heterocycles. The van der Waals surface area contributed by atoms with Crippen LogP contribution in [0.3, 0.4) is 0 Å². The van der Waals surface area contributed by atoms with Crippen LogP contribution in [0.15, 0.2) is 30.3 Å². The zero-order valence-corrected chi connectivity index (χ0v) is 20.3. The van der Waals surface area contributed by atoms with E-state index in [9.17, 15) is 4.79 Å². The molecular formula is C27H35N5O. The van der Waals surface area contributed by atoms with Crippen LogP contribution in [0.25, 0.3) is 11.0 Å². The molecule has 1 aliphatic heterocycles. The van der Waals surface area contributed by atoms with Crippen LogP contribution in [0.2, 0.25) is 0 Å². The molecule has 0 bridgehead atoms. The second-order valence-corrected chi connectivity index (χ2v) is 10.7. The van der Waals surface area contributed by atoms with E-state index in [0.717, 1.165) is 47.4 Å². The van der Waals surface area contributed by atoms with Gasteiger partial charge in [-0.25, -0.2) is 9.67 Å². The molecule has 2 aromatic heterocycles. The zero-order valence-electron chi connectivity index (χ0n) is 20.3. The van der Waals surface area contributed by atoms with Crippen molar-refractivity contribution in [3.8, 4) is 0 Å². The third kappa shape index (κ3) is 4.67. The van der Waals surface area contributed by atoms with Gasteiger partial charge in [0.05, 0.1) is 22.2 Å². The number of amides is 1. The maximum atomic E-state index is 13.4. The molecule has 174 valence electrons. The molecule has 2 aliphatic rings. The van der Waals surface area contributed by atoms with Crippen molar-refractivity contribution >= 4 is 16.9 Å². The molecule has 0 unspecified atom stereocenters. The smallest absolute Gasteiger partial charge is 0.252 e. The molecule has 1 aliphatic carbocycles. The number of nitrogens with one attached hydrogen (secondary N) is 1. The van der Waals surface area contributed by atoms with E-state index in [-0.39, 0.29) is 11.4 Å². The van der Waals surface area contributed by atoms with Crippen molar-refractivity contribution in [2.75, 3.05) is 13.1 Å². The zero-order chi connectivity index (χ0) is 23.2. The summed E-state index contributed by atoms with van der Waals surface area (Å²) in [6.45, 7) is 12.3. The van der Waals surface area contributed by atoms with E-state index in [2.05, 4.69) is 55.3 Å². The van der Waals surface area contributed by atoms with Gasteiger partial charge < -0.3 is 5.32 Å². The number of aryl methyl sites for hydroxylation is 1. The summed E-state index contributed by atoms with van der Waals surface area (Å²) in [4.78, 5) is 20.8. The van der Waals surface area contributed by atoms with Gasteiger partial charge in [-0.15, -0.1) is 0 Å². The average Bonchev–Trinajstić information content (AvgIpc) is 3.41. The molecule has 2 fully saturated rings. The van der Waals surface area contributed by atoms with Gasteiger partial charge in [0.15, 0.2) is 5.65 Å². The van der Waals surface area contributed by atoms with Crippen LogP contribution < -0.4 is 5.32 Å². The summed E-state index contributed by atoms with van der Waals surface area (Å²) in [5, 5.41) is 8.78. The molecular weight excluding hydrogens is 410 g/mol. The summed E-state index contributed by atoms with van der Waals surface area (Å²) in [7, 11) is 0. The Balaban J connectivity index is 1.36. The molecule has 1 amide bonds. The number of carbonyl (C=O) groups excluding carboxylic acids is 1. The number of fused-ring (bicyclic) bond motifs is 1. The predicted octanol–water partition coefficient (Wildman–Crippen LogP) is 4.90. The number of aromatic nitrogens is 3. The van der Waals surface area contributed by atoms with Crippen molar-refractivity contribution in [1.29, 1.82) is 0 Å². The van der Waals surface area contributed by atoms with Gasteiger partial charge in [-0.2, -0.15) is 5.10 Å². The lowest BCUT2D eigenvalue weighted by atomic mass is 10.1. The molecule has 33 heavy (non-hydrogen) atoms. The fraction of sp³-hybridized carbons (Fsp3) is 0.519. The van der Waals surface area contributed by atoms with Gasteiger partial charge in [-0.1, -0.05) is 24.3 Å². The first-order valence-electron chi connectivity index (χ1n) is 12.3. The number of hydrogen-bond donors (Lipinski definition) is 1. The highest BCUT2D eigenvalue weighted by molar-refractivity contribution is 6.06. The highest BCUT2D eigenvalue weighted by atomic mass is 16.1. The van der Waals surface area contributed by atoms with Gasteiger partial charge in [0.1, 0.15) is 0 Å². The van der Waals surface area contributed by atoms with E-state index in [1.165, 1.54) is 31.5 Å². The third-order valence-electron chi connectivity index (χ3n) is 6.79. The first-order chi connectivity index (χ1) is 15.8. The minimum absolute atomic E-state index is 0.0537. The Morgan fingerprint density at radius 2 is 1.76 bits per heavy atom. The molecule has 3 aromatic rings. The normalized spacial score (nSPS) is 17.1. The van der Waals surface area contributed by atoms with Gasteiger partial charge in [0.2, 0.25) is 0 Å². The molecule has 1 saturated heterocycles. The van der Waals surface area contributed by atoms with Crippen molar-refractivity contribution in [2.24, 2.45) is 0 Å². The van der Waals surface area contributed by atoms with Crippen LogP contribution in [0.4, 0.5) is 0 Å². The van der Waals surface area contributed by atoms with E-state index in [4.69, 9.17) is 10.1 Å². The van der Waals surface area contributed by atoms with Crippen molar-refractivity contribution in [2.45, 2.75) is 77.9 Å². The highest BCUT2D eigenvalue weighted by Crippen LogP contribution is 2.41. The van der Waals surface area contributed by atoms with Gasteiger partial charge >= 0.3 is 0 Å². The summed E-state index contributed by atoms with van der Waals surface area (Å²) >= 11 is 0. The Morgan fingerprint density at radius 1 is 1.09 bits per heavy atom. The fourth-order valence-corrected chi connectivity index (χ4v) is 4.78. The van der Waals surface area contributed by atoms with Crippen molar-refractivity contribution in [3.05, 3.63) is 58.4 Å². The lowest BCUT2D eigenvalue weighted by molar-refractivity contribution is 0.0952. The first kappa shape index (κ1) is 22.1. The number of hydrogen-bond acceptors (Lipinski definition) is 4. The molecule has 6 nitrogen and oxygen atoms in total. The Kier molecular flexibility index (Phi) is 5.73. The van der Waals surface area contributed by atoms with Crippen LogP contribution in [0.5, 0.6) is 0 Å². The topological polar surface area (TPSA) is 63.1 Å².